The molecule has 128 valence electrons. The van der Waals surface area contributed by atoms with Crippen molar-refractivity contribution in [2.45, 2.75) is 6.92 Å². The van der Waals surface area contributed by atoms with Crippen molar-refractivity contribution < 1.29 is 9.84 Å². The molecule has 0 spiro atoms. The minimum atomic E-state index is -0.239. The molecule has 2 aromatic carbocycles. The Kier molecular flexibility index (Phi) is 4.42. The van der Waals surface area contributed by atoms with Gasteiger partial charge in [-0.3, -0.25) is 9.89 Å². The molecule has 2 N–H and O–H groups in total. The molecule has 0 amide bonds. The number of hydrogen-bond donors (Lipinski definition) is 2. The van der Waals surface area contributed by atoms with Gasteiger partial charge in [0, 0.05) is 6.07 Å². The molecule has 0 aliphatic carbocycles. The second kappa shape index (κ2) is 6.53. The van der Waals surface area contributed by atoms with Crippen molar-refractivity contribution in [1.29, 1.82) is 0 Å². The summed E-state index contributed by atoms with van der Waals surface area (Å²) in [5.41, 5.74) is 2.13. The molecular formula is C19H17ClN2O3. The highest BCUT2D eigenvalue weighted by Crippen LogP contribution is 2.32. The number of hydrogen-bond acceptors (Lipinski definition) is 3. The molecule has 0 saturated carbocycles. The average molecular weight is 357 g/mol. The van der Waals surface area contributed by atoms with Crippen LogP contribution in [0.15, 0.2) is 41.2 Å². The van der Waals surface area contributed by atoms with Crippen LogP contribution in [0, 0.1) is 6.92 Å². The number of H-pyrrole nitrogens is 1. The highest BCUT2D eigenvalue weighted by Gasteiger charge is 2.09. The Balaban J connectivity index is 2.19. The summed E-state index contributed by atoms with van der Waals surface area (Å²) in [4.78, 5) is 12.7. The molecule has 0 atom stereocenters. The topological polar surface area (TPSA) is 67.2 Å². The fourth-order valence-corrected chi connectivity index (χ4v) is 2.72. The highest BCUT2D eigenvalue weighted by atomic mass is 35.5. The first-order chi connectivity index (χ1) is 11.9. The van der Waals surface area contributed by atoms with Crippen LogP contribution in [0.1, 0.15) is 11.1 Å². The predicted molar refractivity (Wildman–Crippen MR) is 99.1 cm³/mol. The monoisotopic (exact) mass is 356 g/mol. The summed E-state index contributed by atoms with van der Waals surface area (Å²) >= 11 is 6.17. The molecule has 1 heterocycles. The zero-order chi connectivity index (χ0) is 18.1. The predicted octanol–water partition coefficient (Wildman–Crippen LogP) is 2.08. The van der Waals surface area contributed by atoms with Gasteiger partial charge in [0.05, 0.1) is 28.4 Å². The lowest BCUT2D eigenvalue weighted by Gasteiger charge is -2.05. The molecule has 6 heteroatoms. The molecule has 0 aliphatic heterocycles. The van der Waals surface area contributed by atoms with E-state index in [0.717, 1.165) is 11.3 Å². The number of aryl methyl sites for hydroxylation is 1. The van der Waals surface area contributed by atoms with E-state index in [1.54, 1.807) is 12.1 Å². The third-order valence-corrected chi connectivity index (χ3v) is 4.22. The number of halogens is 1. The maximum absolute atomic E-state index is 12.7. The van der Waals surface area contributed by atoms with Crippen molar-refractivity contribution in [2.75, 3.05) is 7.11 Å². The number of aromatic nitrogens is 2. The van der Waals surface area contributed by atoms with Gasteiger partial charge >= 0.3 is 0 Å². The molecule has 1 aromatic heterocycles. The van der Waals surface area contributed by atoms with E-state index in [9.17, 15) is 9.90 Å². The second-order valence-electron chi connectivity index (χ2n) is 5.67. The number of phenolic OH excluding ortho intramolecular Hbond substituents is 1. The zero-order valence-electron chi connectivity index (χ0n) is 13.8. The van der Waals surface area contributed by atoms with Crippen LogP contribution in [0.3, 0.4) is 0 Å². The van der Waals surface area contributed by atoms with Crippen molar-refractivity contribution in [3.8, 4) is 17.2 Å². The Bertz CT molecular complexity index is 1100. The van der Waals surface area contributed by atoms with Gasteiger partial charge in [-0.15, -0.1) is 0 Å². The van der Waals surface area contributed by atoms with Crippen LogP contribution < -0.4 is 20.9 Å². The van der Waals surface area contributed by atoms with E-state index in [2.05, 4.69) is 11.7 Å². The third kappa shape index (κ3) is 3.19. The Morgan fingerprint density at radius 2 is 1.96 bits per heavy atom. The molecular weight excluding hydrogens is 340 g/mol. The molecule has 3 rings (SSSR count). The number of phenols is 1. The molecule has 0 unspecified atom stereocenters. The van der Waals surface area contributed by atoms with E-state index < -0.39 is 0 Å². The van der Waals surface area contributed by atoms with E-state index in [1.165, 1.54) is 17.9 Å². The van der Waals surface area contributed by atoms with Crippen LogP contribution in [-0.4, -0.2) is 22.0 Å². The number of nitrogens with zero attached hydrogens (tertiary/aromatic N) is 1. The summed E-state index contributed by atoms with van der Waals surface area (Å²) in [6, 6.07) is 10.5. The third-order valence-electron chi connectivity index (χ3n) is 3.90. The normalized spacial score (nSPS) is 11.7. The van der Waals surface area contributed by atoms with Crippen LogP contribution in [-0.2, 0) is 0 Å². The van der Waals surface area contributed by atoms with Gasteiger partial charge < -0.3 is 9.84 Å². The van der Waals surface area contributed by atoms with Crippen LogP contribution >= 0.6 is 11.6 Å². The van der Waals surface area contributed by atoms with Crippen molar-refractivity contribution in [1.82, 2.24) is 9.78 Å². The first-order valence-corrected chi connectivity index (χ1v) is 7.93. The molecule has 0 saturated heterocycles. The molecule has 25 heavy (non-hydrogen) atoms. The van der Waals surface area contributed by atoms with Crippen LogP contribution in [0.25, 0.3) is 18.3 Å². The van der Waals surface area contributed by atoms with Gasteiger partial charge in [0.1, 0.15) is 0 Å². The maximum atomic E-state index is 12.7. The molecule has 0 aliphatic rings. The van der Waals surface area contributed by atoms with Crippen molar-refractivity contribution in [2.24, 2.45) is 0 Å². The highest BCUT2D eigenvalue weighted by molar-refractivity contribution is 6.32. The second-order valence-corrected chi connectivity index (χ2v) is 6.08. The van der Waals surface area contributed by atoms with E-state index >= 15 is 0 Å². The number of methoxy groups -OCH3 is 1. The summed E-state index contributed by atoms with van der Waals surface area (Å²) < 4.78 is 6.52. The van der Waals surface area contributed by atoms with Gasteiger partial charge in [0.15, 0.2) is 11.5 Å². The van der Waals surface area contributed by atoms with Crippen molar-refractivity contribution in [3.63, 3.8) is 0 Å². The SMILES string of the molecule is C=c1[nH]n(-c2ccc(C)cc2)c(=O)/c1=C/c1cc(OC)c(O)cc1Cl. The van der Waals surface area contributed by atoms with E-state index in [1.807, 2.05) is 31.2 Å². The van der Waals surface area contributed by atoms with Gasteiger partial charge in [-0.2, -0.15) is 0 Å². The molecule has 3 aromatic rings. The first kappa shape index (κ1) is 16.9. The first-order valence-electron chi connectivity index (χ1n) is 7.56. The fraction of sp³-hybridized carbons (Fsp3) is 0.105. The number of rotatable bonds is 3. The smallest absolute Gasteiger partial charge is 0.279 e. The molecule has 0 bridgehead atoms. The summed E-state index contributed by atoms with van der Waals surface area (Å²) in [6.45, 7) is 5.88. The average Bonchev–Trinajstić information content (AvgIpc) is 2.86. The van der Waals surface area contributed by atoms with Gasteiger partial charge in [-0.1, -0.05) is 35.9 Å². The Labute approximate surface area is 149 Å². The summed E-state index contributed by atoms with van der Waals surface area (Å²) in [6.07, 6.45) is 1.62. The standard InChI is InChI=1S/C19H17ClN2O3/c1-11-4-6-14(7-5-11)22-19(24)15(12(2)21-22)8-13-9-18(25-3)17(23)10-16(13)20/h4-10,21,23H,2H2,1,3H3/b15-8+. The molecule has 0 fully saturated rings. The molecule has 0 radical (unpaired) electrons. The van der Waals surface area contributed by atoms with Gasteiger partial charge in [0.25, 0.3) is 5.56 Å². The van der Waals surface area contributed by atoms with Gasteiger partial charge in [-0.05, 0) is 36.8 Å². The van der Waals surface area contributed by atoms with E-state index in [4.69, 9.17) is 16.3 Å². The summed E-state index contributed by atoms with van der Waals surface area (Å²) in [5.74, 6) is 0.210. The molecule has 5 nitrogen and oxygen atoms in total. The minimum Gasteiger partial charge on any atom is -0.504 e. The Hall–Kier alpha value is -2.92. The number of aromatic hydroxyl groups is 1. The lowest BCUT2D eigenvalue weighted by atomic mass is 10.1. The number of nitrogens with one attached hydrogen (secondary N) is 1. The van der Waals surface area contributed by atoms with E-state index in [-0.39, 0.29) is 17.1 Å². The van der Waals surface area contributed by atoms with Crippen LogP contribution in [0.4, 0.5) is 0 Å². The lowest BCUT2D eigenvalue weighted by molar-refractivity contribution is 0.373. The van der Waals surface area contributed by atoms with Crippen LogP contribution in [0.5, 0.6) is 11.5 Å². The largest absolute Gasteiger partial charge is 0.504 e. The number of ether oxygens (including phenoxy) is 1. The maximum Gasteiger partial charge on any atom is 0.279 e. The quantitative estimate of drug-likeness (QED) is 0.755. The fourth-order valence-electron chi connectivity index (χ4n) is 2.51. The van der Waals surface area contributed by atoms with Gasteiger partial charge in [0.2, 0.25) is 0 Å². The Morgan fingerprint density at radius 3 is 2.60 bits per heavy atom. The minimum absolute atomic E-state index is 0.0642. The number of benzene rings is 2. The number of aromatic amines is 1. The van der Waals surface area contributed by atoms with Crippen molar-refractivity contribution >= 4 is 24.3 Å². The van der Waals surface area contributed by atoms with Crippen molar-refractivity contribution in [3.05, 3.63) is 73.5 Å². The van der Waals surface area contributed by atoms with Crippen LogP contribution in [0.2, 0.25) is 5.02 Å². The zero-order valence-corrected chi connectivity index (χ0v) is 14.6. The van der Waals surface area contributed by atoms with Gasteiger partial charge in [-0.25, -0.2) is 4.68 Å². The Morgan fingerprint density at radius 1 is 1.28 bits per heavy atom. The summed E-state index contributed by atoms with van der Waals surface area (Å²) in [5, 5.41) is 13.9. The summed E-state index contributed by atoms with van der Waals surface area (Å²) in [7, 11) is 1.44. The lowest BCUT2D eigenvalue weighted by Crippen LogP contribution is -2.34. The van der Waals surface area contributed by atoms with E-state index in [0.29, 0.717) is 21.2 Å².